The highest BCUT2D eigenvalue weighted by Gasteiger charge is 2.41. The first kappa shape index (κ1) is 18.8. The zero-order chi connectivity index (χ0) is 18.7. The van der Waals surface area contributed by atoms with Gasteiger partial charge in [0.15, 0.2) is 11.5 Å². The number of sulfonamides is 1. The summed E-state index contributed by atoms with van der Waals surface area (Å²) in [5.74, 6) is 1.24. The second-order valence-electron chi connectivity index (χ2n) is 6.48. The number of amides is 2. The van der Waals surface area contributed by atoms with Crippen LogP contribution in [0.15, 0.2) is 18.2 Å². The quantitative estimate of drug-likeness (QED) is 0.793. The Morgan fingerprint density at radius 1 is 1.12 bits per heavy atom. The van der Waals surface area contributed by atoms with Crippen LogP contribution in [0.25, 0.3) is 0 Å². The molecule has 2 aliphatic rings. The molecule has 9 heteroatoms. The number of rotatable bonds is 6. The number of ether oxygens (including phenoxy) is 2. The van der Waals surface area contributed by atoms with Gasteiger partial charge >= 0.3 is 6.03 Å². The molecule has 0 bridgehead atoms. The topological polar surface area (TPSA) is 88.2 Å². The number of benzene rings is 1. The van der Waals surface area contributed by atoms with Gasteiger partial charge in [-0.3, -0.25) is 0 Å². The maximum absolute atomic E-state index is 12.3. The van der Waals surface area contributed by atoms with Crippen molar-refractivity contribution in [3.05, 3.63) is 23.8 Å². The molecule has 26 heavy (non-hydrogen) atoms. The summed E-state index contributed by atoms with van der Waals surface area (Å²) in [7, 11) is -0.0217. The fraction of sp³-hybridized carbons (Fsp3) is 0.588. The van der Waals surface area contributed by atoms with Gasteiger partial charge in [-0.25, -0.2) is 13.2 Å². The molecular formula is C17H25N3O5S. The molecule has 144 valence electrons. The number of nitrogens with zero attached hydrogens (tertiary/aromatic N) is 2. The minimum atomic E-state index is -3.16. The van der Waals surface area contributed by atoms with Gasteiger partial charge in [0.25, 0.3) is 0 Å². The van der Waals surface area contributed by atoms with Crippen LogP contribution in [0, 0.1) is 0 Å². The van der Waals surface area contributed by atoms with Crippen LogP contribution in [-0.2, 0) is 16.6 Å². The number of hydrogen-bond acceptors (Lipinski definition) is 5. The maximum Gasteiger partial charge on any atom is 0.317 e. The van der Waals surface area contributed by atoms with E-state index in [1.807, 2.05) is 12.1 Å². The lowest BCUT2D eigenvalue weighted by Gasteiger charge is -2.34. The van der Waals surface area contributed by atoms with Crippen molar-refractivity contribution in [3.63, 3.8) is 0 Å². The molecule has 2 fully saturated rings. The Morgan fingerprint density at radius 3 is 2.35 bits per heavy atom. The second kappa shape index (κ2) is 7.71. The average Bonchev–Trinajstić information content (AvgIpc) is 3.51. The molecule has 2 amide bonds. The molecule has 0 radical (unpaired) electrons. The van der Waals surface area contributed by atoms with Gasteiger partial charge < -0.3 is 19.7 Å². The summed E-state index contributed by atoms with van der Waals surface area (Å²) in [6.45, 7) is 1.90. The minimum absolute atomic E-state index is 0.191. The summed E-state index contributed by atoms with van der Waals surface area (Å²) in [4.78, 5) is 14.0. The van der Waals surface area contributed by atoms with E-state index in [1.165, 1.54) is 4.31 Å². The van der Waals surface area contributed by atoms with Gasteiger partial charge in [0.2, 0.25) is 10.0 Å². The average molecular weight is 383 g/mol. The predicted molar refractivity (Wildman–Crippen MR) is 96.9 cm³/mol. The molecule has 3 rings (SSSR count). The summed E-state index contributed by atoms with van der Waals surface area (Å²) >= 11 is 0. The summed E-state index contributed by atoms with van der Waals surface area (Å²) in [5.41, 5.74) is 0.894. The lowest BCUT2D eigenvalue weighted by molar-refractivity contribution is 0.172. The fourth-order valence-corrected chi connectivity index (χ4v) is 4.83. The largest absolute Gasteiger partial charge is 0.493 e. The Kier molecular flexibility index (Phi) is 5.57. The second-order valence-corrected chi connectivity index (χ2v) is 8.69. The van der Waals surface area contributed by atoms with Crippen LogP contribution in [-0.4, -0.2) is 69.3 Å². The van der Waals surface area contributed by atoms with Crippen LogP contribution in [0.4, 0.5) is 4.79 Å². The zero-order valence-corrected chi connectivity index (χ0v) is 15.9. The van der Waals surface area contributed by atoms with Crippen molar-refractivity contribution in [1.82, 2.24) is 14.5 Å². The Balaban J connectivity index is 1.50. The van der Waals surface area contributed by atoms with Gasteiger partial charge in [-0.05, 0) is 30.5 Å². The molecule has 0 unspecified atom stereocenters. The van der Waals surface area contributed by atoms with E-state index in [1.54, 1.807) is 25.2 Å². The Bertz CT molecular complexity index is 756. The third-order valence-corrected chi connectivity index (χ3v) is 7.12. The summed E-state index contributed by atoms with van der Waals surface area (Å²) in [6, 6.07) is 5.28. The number of nitrogens with one attached hydrogen (secondary N) is 1. The van der Waals surface area contributed by atoms with E-state index < -0.39 is 10.0 Å². The minimum Gasteiger partial charge on any atom is -0.493 e. The molecule has 0 aromatic heterocycles. The summed E-state index contributed by atoms with van der Waals surface area (Å²) < 4.78 is 36.4. The fourth-order valence-electron chi connectivity index (χ4n) is 3.00. The smallest absolute Gasteiger partial charge is 0.317 e. The van der Waals surface area contributed by atoms with Crippen molar-refractivity contribution >= 4 is 16.1 Å². The Hall–Kier alpha value is -2.00. The first-order valence-corrected chi connectivity index (χ1v) is 10.2. The van der Waals surface area contributed by atoms with Crippen molar-refractivity contribution in [3.8, 4) is 11.5 Å². The van der Waals surface area contributed by atoms with Gasteiger partial charge in [0, 0.05) is 32.7 Å². The normalized spacial score (nSPS) is 18.5. The zero-order valence-electron chi connectivity index (χ0n) is 15.1. The van der Waals surface area contributed by atoms with Crippen molar-refractivity contribution in [2.45, 2.75) is 24.6 Å². The molecule has 1 N–H and O–H groups in total. The van der Waals surface area contributed by atoms with Crippen molar-refractivity contribution in [2.75, 3.05) is 40.4 Å². The van der Waals surface area contributed by atoms with Crippen LogP contribution in [0.1, 0.15) is 18.4 Å². The molecule has 0 spiro atoms. The molecule has 1 aromatic carbocycles. The van der Waals surface area contributed by atoms with E-state index in [4.69, 9.17) is 9.47 Å². The SMILES string of the molecule is COc1ccc(CNC(=O)N2CCN(S(=O)(=O)C3CC3)CC2)cc1OC. The van der Waals surface area contributed by atoms with Crippen LogP contribution in [0.3, 0.4) is 0 Å². The first-order valence-electron chi connectivity index (χ1n) is 8.68. The van der Waals surface area contributed by atoms with Gasteiger partial charge in [0.1, 0.15) is 0 Å². The number of carbonyl (C=O) groups is 1. The highest BCUT2D eigenvalue weighted by molar-refractivity contribution is 7.90. The molecule has 1 aliphatic heterocycles. The molecule has 1 aromatic rings. The number of urea groups is 1. The van der Waals surface area contributed by atoms with Crippen LogP contribution < -0.4 is 14.8 Å². The highest BCUT2D eigenvalue weighted by Crippen LogP contribution is 2.31. The van der Waals surface area contributed by atoms with E-state index in [0.717, 1.165) is 18.4 Å². The van der Waals surface area contributed by atoms with Gasteiger partial charge in [0.05, 0.1) is 19.5 Å². The van der Waals surface area contributed by atoms with Crippen LogP contribution >= 0.6 is 0 Å². The monoisotopic (exact) mass is 383 g/mol. The third-order valence-electron chi connectivity index (χ3n) is 4.72. The first-order chi connectivity index (χ1) is 12.5. The van der Waals surface area contributed by atoms with Crippen molar-refractivity contribution in [2.24, 2.45) is 0 Å². The van der Waals surface area contributed by atoms with E-state index in [0.29, 0.717) is 44.2 Å². The Morgan fingerprint density at radius 2 is 1.77 bits per heavy atom. The van der Waals surface area contributed by atoms with Crippen LogP contribution in [0.5, 0.6) is 11.5 Å². The molecule has 1 heterocycles. The standard InChI is InChI=1S/C17H25N3O5S/c1-24-15-6-3-13(11-16(15)25-2)12-18-17(21)19-7-9-20(10-8-19)26(22,23)14-4-5-14/h3,6,11,14H,4-5,7-10,12H2,1-2H3,(H,18,21). The third kappa shape index (κ3) is 4.04. The molecule has 8 nitrogen and oxygen atoms in total. The number of methoxy groups -OCH3 is 2. The van der Waals surface area contributed by atoms with Crippen LogP contribution in [0.2, 0.25) is 0 Å². The van der Waals surface area contributed by atoms with Gasteiger partial charge in [-0.2, -0.15) is 4.31 Å². The Labute approximate surface area is 154 Å². The maximum atomic E-state index is 12.3. The molecular weight excluding hydrogens is 358 g/mol. The lowest BCUT2D eigenvalue weighted by atomic mass is 10.2. The number of hydrogen-bond donors (Lipinski definition) is 1. The lowest BCUT2D eigenvalue weighted by Crippen LogP contribution is -2.53. The summed E-state index contributed by atoms with van der Waals surface area (Å²) in [5, 5.41) is 2.67. The van der Waals surface area contributed by atoms with E-state index in [-0.39, 0.29) is 11.3 Å². The van der Waals surface area contributed by atoms with Gasteiger partial charge in [-0.1, -0.05) is 6.07 Å². The van der Waals surface area contributed by atoms with Crippen molar-refractivity contribution < 1.29 is 22.7 Å². The highest BCUT2D eigenvalue weighted by atomic mass is 32.2. The predicted octanol–water partition coefficient (Wildman–Crippen LogP) is 1.02. The van der Waals surface area contributed by atoms with E-state index in [2.05, 4.69) is 5.32 Å². The number of carbonyl (C=O) groups excluding carboxylic acids is 1. The summed E-state index contributed by atoms with van der Waals surface area (Å²) in [6.07, 6.45) is 1.52. The van der Waals surface area contributed by atoms with E-state index in [9.17, 15) is 13.2 Å². The van der Waals surface area contributed by atoms with Crippen molar-refractivity contribution in [1.29, 1.82) is 0 Å². The van der Waals surface area contributed by atoms with Gasteiger partial charge in [-0.15, -0.1) is 0 Å². The van der Waals surface area contributed by atoms with E-state index >= 15 is 0 Å². The molecule has 1 saturated heterocycles. The number of piperazine rings is 1. The molecule has 0 atom stereocenters. The molecule has 1 aliphatic carbocycles. The molecule has 1 saturated carbocycles.